The van der Waals surface area contributed by atoms with Crippen LogP contribution in [0.3, 0.4) is 0 Å². The van der Waals surface area contributed by atoms with Gasteiger partial charge in [0.1, 0.15) is 5.75 Å². The molecule has 2 aliphatic rings. The van der Waals surface area contributed by atoms with E-state index in [1.54, 1.807) is 7.11 Å². The van der Waals surface area contributed by atoms with Gasteiger partial charge >= 0.3 is 6.03 Å². The molecule has 1 saturated heterocycles. The lowest BCUT2D eigenvalue weighted by Crippen LogP contribution is -2.47. The van der Waals surface area contributed by atoms with E-state index in [1.807, 2.05) is 29.2 Å². The van der Waals surface area contributed by atoms with E-state index in [0.29, 0.717) is 19.0 Å². The van der Waals surface area contributed by atoms with Gasteiger partial charge in [-0.2, -0.15) is 0 Å². The summed E-state index contributed by atoms with van der Waals surface area (Å²) in [4.78, 5) is 14.7. The minimum absolute atomic E-state index is 0.0146. The lowest BCUT2D eigenvalue weighted by Gasteiger charge is -2.30. The Morgan fingerprint density at radius 2 is 2.08 bits per heavy atom. The molecule has 1 saturated carbocycles. The second kappa shape index (κ2) is 7.88. The van der Waals surface area contributed by atoms with Crippen LogP contribution >= 0.6 is 0 Å². The average molecular weight is 332 g/mol. The molecule has 2 fully saturated rings. The van der Waals surface area contributed by atoms with E-state index in [2.05, 4.69) is 12.2 Å². The van der Waals surface area contributed by atoms with Crippen LogP contribution < -0.4 is 10.1 Å². The van der Waals surface area contributed by atoms with Crippen molar-refractivity contribution in [3.05, 3.63) is 29.8 Å². The topological polar surface area (TPSA) is 50.8 Å². The first-order valence-corrected chi connectivity index (χ1v) is 8.96. The zero-order valence-electron chi connectivity index (χ0n) is 14.7. The number of carbonyl (C=O) groups is 1. The van der Waals surface area contributed by atoms with Crippen molar-refractivity contribution in [3.8, 4) is 5.75 Å². The monoisotopic (exact) mass is 332 g/mol. The number of hydrogen-bond donors (Lipinski definition) is 1. The summed E-state index contributed by atoms with van der Waals surface area (Å²) >= 11 is 0. The van der Waals surface area contributed by atoms with Gasteiger partial charge in [-0.1, -0.05) is 12.1 Å². The molecule has 1 aliphatic carbocycles. The van der Waals surface area contributed by atoms with Crippen LogP contribution in [-0.4, -0.2) is 43.3 Å². The summed E-state index contributed by atoms with van der Waals surface area (Å²) in [6.45, 7) is 4.20. The molecule has 0 aromatic heterocycles. The Labute approximate surface area is 144 Å². The number of rotatable bonds is 7. The molecule has 1 aliphatic heterocycles. The third-order valence-corrected chi connectivity index (χ3v) is 5.07. The molecule has 1 heterocycles. The lowest BCUT2D eigenvalue weighted by atomic mass is 10.1. The van der Waals surface area contributed by atoms with Crippen LogP contribution in [0.2, 0.25) is 0 Å². The molecule has 3 rings (SSSR count). The second-order valence-electron chi connectivity index (χ2n) is 6.88. The normalized spacial score (nSPS) is 21.3. The van der Waals surface area contributed by atoms with Crippen LogP contribution in [-0.2, 0) is 11.3 Å². The zero-order valence-corrected chi connectivity index (χ0v) is 14.7. The number of benzene rings is 1. The molecule has 5 nitrogen and oxygen atoms in total. The molecule has 1 N–H and O–H groups in total. The van der Waals surface area contributed by atoms with Gasteiger partial charge in [0.15, 0.2) is 0 Å². The van der Waals surface area contributed by atoms with E-state index < -0.39 is 0 Å². The highest BCUT2D eigenvalue weighted by atomic mass is 16.5. The lowest BCUT2D eigenvalue weighted by molar-refractivity contribution is 0.106. The maximum absolute atomic E-state index is 12.7. The standard InChI is InChI=1S/C19H28N2O3/c1-14(16-7-8-16)21(13-15-5-9-17(23-2)10-6-15)19(22)20-12-18-4-3-11-24-18/h5-6,9-10,14,16,18H,3-4,7-8,11-13H2,1-2H3,(H,20,22)/t14-,18+/m0/s1. The van der Waals surface area contributed by atoms with Crippen LogP contribution in [0, 0.1) is 5.92 Å². The quantitative estimate of drug-likeness (QED) is 0.834. The third kappa shape index (κ3) is 4.41. The molecule has 132 valence electrons. The van der Waals surface area contributed by atoms with E-state index in [1.165, 1.54) is 12.8 Å². The van der Waals surface area contributed by atoms with Crippen molar-refractivity contribution in [2.75, 3.05) is 20.3 Å². The Bertz CT molecular complexity index is 536. The molecule has 2 amide bonds. The first-order chi connectivity index (χ1) is 11.7. The van der Waals surface area contributed by atoms with Crippen molar-refractivity contribution in [1.29, 1.82) is 0 Å². The number of hydrogen-bond acceptors (Lipinski definition) is 3. The highest BCUT2D eigenvalue weighted by Crippen LogP contribution is 2.35. The molecule has 0 radical (unpaired) electrons. The van der Waals surface area contributed by atoms with Gasteiger partial charge < -0.3 is 19.7 Å². The smallest absolute Gasteiger partial charge is 0.318 e. The summed E-state index contributed by atoms with van der Waals surface area (Å²) in [5, 5.41) is 3.07. The van der Waals surface area contributed by atoms with Gasteiger partial charge in [-0.05, 0) is 56.2 Å². The van der Waals surface area contributed by atoms with Crippen molar-refractivity contribution < 1.29 is 14.3 Å². The summed E-state index contributed by atoms with van der Waals surface area (Å²) in [6, 6.07) is 8.22. The second-order valence-corrected chi connectivity index (χ2v) is 6.88. The van der Waals surface area contributed by atoms with E-state index in [9.17, 15) is 4.79 Å². The SMILES string of the molecule is COc1ccc(CN(C(=O)NC[C@H]2CCCO2)[C@@H](C)C2CC2)cc1. The van der Waals surface area contributed by atoms with Crippen LogP contribution in [0.4, 0.5) is 4.79 Å². The predicted octanol–water partition coefficient (Wildman–Crippen LogP) is 3.18. The van der Waals surface area contributed by atoms with E-state index in [4.69, 9.17) is 9.47 Å². The zero-order chi connectivity index (χ0) is 16.9. The van der Waals surface area contributed by atoms with Gasteiger partial charge in [0.25, 0.3) is 0 Å². The van der Waals surface area contributed by atoms with Crippen LogP contribution in [0.25, 0.3) is 0 Å². The van der Waals surface area contributed by atoms with Gasteiger partial charge in [0.2, 0.25) is 0 Å². The van der Waals surface area contributed by atoms with Crippen LogP contribution in [0.15, 0.2) is 24.3 Å². The van der Waals surface area contributed by atoms with Gasteiger partial charge in [-0.3, -0.25) is 0 Å². The van der Waals surface area contributed by atoms with Gasteiger partial charge in [-0.25, -0.2) is 4.79 Å². The molecule has 2 atom stereocenters. The third-order valence-electron chi connectivity index (χ3n) is 5.07. The molecule has 0 bridgehead atoms. The molecule has 1 aromatic carbocycles. The minimum atomic E-state index is 0.0146. The molecular formula is C19H28N2O3. The first-order valence-electron chi connectivity index (χ1n) is 8.96. The number of nitrogens with zero attached hydrogens (tertiary/aromatic N) is 1. The van der Waals surface area contributed by atoms with Crippen molar-refractivity contribution in [2.45, 2.75) is 51.3 Å². The number of urea groups is 1. The highest BCUT2D eigenvalue weighted by Gasteiger charge is 2.34. The Kier molecular flexibility index (Phi) is 5.61. The van der Waals surface area contributed by atoms with E-state index in [-0.39, 0.29) is 18.2 Å². The minimum Gasteiger partial charge on any atom is -0.497 e. The Hall–Kier alpha value is -1.75. The summed E-state index contributed by atoms with van der Waals surface area (Å²) in [7, 11) is 1.66. The highest BCUT2D eigenvalue weighted by molar-refractivity contribution is 5.74. The molecular weight excluding hydrogens is 304 g/mol. The number of methoxy groups -OCH3 is 1. The molecule has 24 heavy (non-hydrogen) atoms. The van der Waals surface area contributed by atoms with Gasteiger partial charge in [0.05, 0.1) is 13.2 Å². The summed E-state index contributed by atoms with van der Waals surface area (Å²) in [5.41, 5.74) is 1.12. The number of carbonyl (C=O) groups excluding carboxylic acids is 1. The number of amides is 2. The molecule has 5 heteroatoms. The van der Waals surface area contributed by atoms with Gasteiger partial charge in [-0.15, -0.1) is 0 Å². The van der Waals surface area contributed by atoms with Crippen molar-refractivity contribution in [2.24, 2.45) is 5.92 Å². The summed E-state index contributed by atoms with van der Waals surface area (Å²) in [5.74, 6) is 1.47. The number of nitrogens with one attached hydrogen (secondary N) is 1. The molecule has 1 aromatic rings. The van der Waals surface area contributed by atoms with Crippen molar-refractivity contribution in [1.82, 2.24) is 10.2 Å². The maximum Gasteiger partial charge on any atom is 0.318 e. The van der Waals surface area contributed by atoms with Crippen LogP contribution in [0.5, 0.6) is 5.75 Å². The summed E-state index contributed by atoms with van der Waals surface area (Å²) in [6.07, 6.45) is 4.75. The fraction of sp³-hybridized carbons (Fsp3) is 0.632. The average Bonchev–Trinajstić information content (AvgIpc) is 3.33. The Morgan fingerprint density at radius 1 is 1.33 bits per heavy atom. The van der Waals surface area contributed by atoms with Crippen molar-refractivity contribution >= 4 is 6.03 Å². The van der Waals surface area contributed by atoms with Crippen molar-refractivity contribution in [3.63, 3.8) is 0 Å². The maximum atomic E-state index is 12.7. The summed E-state index contributed by atoms with van der Waals surface area (Å²) < 4.78 is 10.8. The Balaban J connectivity index is 1.61. The largest absolute Gasteiger partial charge is 0.497 e. The van der Waals surface area contributed by atoms with Gasteiger partial charge in [0, 0.05) is 25.7 Å². The molecule has 0 unspecified atom stereocenters. The van der Waals surface area contributed by atoms with E-state index in [0.717, 1.165) is 30.8 Å². The van der Waals surface area contributed by atoms with Crippen LogP contribution in [0.1, 0.15) is 38.2 Å². The molecule has 0 spiro atoms. The van der Waals surface area contributed by atoms with E-state index >= 15 is 0 Å². The number of ether oxygens (including phenoxy) is 2. The fourth-order valence-corrected chi connectivity index (χ4v) is 3.27. The fourth-order valence-electron chi connectivity index (χ4n) is 3.27. The predicted molar refractivity (Wildman–Crippen MR) is 93.1 cm³/mol. The first kappa shape index (κ1) is 17.1. The Morgan fingerprint density at radius 3 is 2.67 bits per heavy atom.